The highest BCUT2D eigenvalue weighted by Gasteiger charge is 2.31. The summed E-state index contributed by atoms with van der Waals surface area (Å²) in [4.78, 5) is 21.8. The highest BCUT2D eigenvalue weighted by Crippen LogP contribution is 2.14. The van der Waals surface area contributed by atoms with Crippen LogP contribution in [0.1, 0.15) is 19.3 Å². The summed E-state index contributed by atoms with van der Waals surface area (Å²) in [5.74, 6) is -0.571. The van der Waals surface area contributed by atoms with Gasteiger partial charge in [-0.1, -0.05) is 0 Å². The van der Waals surface area contributed by atoms with Gasteiger partial charge in [-0.25, -0.2) is 12.7 Å². The van der Waals surface area contributed by atoms with E-state index in [1.54, 1.807) is 0 Å². The molecule has 0 spiro atoms. The topological polar surface area (TPSA) is 83.6 Å². The quantitative estimate of drug-likeness (QED) is 0.633. The number of hydrogen-bond acceptors (Lipinski definition) is 4. The van der Waals surface area contributed by atoms with E-state index in [9.17, 15) is 18.0 Å². The van der Waals surface area contributed by atoms with E-state index < -0.39 is 22.0 Å². The third kappa shape index (κ3) is 2.92. The highest BCUT2D eigenvalue weighted by molar-refractivity contribution is 7.88. The molecule has 7 heteroatoms. The molecule has 1 fully saturated rings. The van der Waals surface area contributed by atoms with Crippen molar-refractivity contribution < 1.29 is 18.0 Å². The van der Waals surface area contributed by atoms with Crippen LogP contribution in [0, 0.1) is 0 Å². The van der Waals surface area contributed by atoms with Gasteiger partial charge in [-0.2, -0.15) is 0 Å². The van der Waals surface area contributed by atoms with Gasteiger partial charge in [0.25, 0.3) is 5.91 Å². The summed E-state index contributed by atoms with van der Waals surface area (Å²) in [6.07, 6.45) is 4.19. The monoisotopic (exact) mass is 233 g/mol. The lowest BCUT2D eigenvalue weighted by Gasteiger charge is -2.21. The van der Waals surface area contributed by atoms with Crippen molar-refractivity contribution in [1.82, 2.24) is 9.62 Å². The Labute approximate surface area is 88.7 Å². The van der Waals surface area contributed by atoms with Crippen molar-refractivity contribution in [2.45, 2.75) is 25.3 Å². The number of hydrogen-bond donors (Lipinski definition) is 1. The van der Waals surface area contributed by atoms with E-state index in [1.807, 2.05) is 0 Å². The Bertz CT molecular complexity index is 352. The van der Waals surface area contributed by atoms with Crippen LogP contribution >= 0.6 is 0 Å². The summed E-state index contributed by atoms with van der Waals surface area (Å²) in [6.45, 7) is 0.189. The van der Waals surface area contributed by atoms with Crippen molar-refractivity contribution in [3.05, 3.63) is 0 Å². The fourth-order valence-corrected chi connectivity index (χ4v) is 2.46. The maximum Gasteiger partial charge on any atom is 0.309 e. The van der Waals surface area contributed by atoms with Crippen LogP contribution in [0.25, 0.3) is 0 Å². The SMILES string of the molecule is CS(=O)(=O)N1CCCC[C@H](N[C]=O)C1=O. The molecule has 0 aromatic rings. The summed E-state index contributed by atoms with van der Waals surface area (Å²) >= 11 is 0. The number of rotatable bonds is 3. The highest BCUT2D eigenvalue weighted by atomic mass is 32.2. The Balaban J connectivity index is 2.89. The molecule has 1 atom stereocenters. The van der Waals surface area contributed by atoms with Crippen molar-refractivity contribution in [2.75, 3.05) is 12.8 Å². The average Bonchev–Trinajstić information content (AvgIpc) is 2.29. The minimum absolute atomic E-state index is 0.189. The lowest BCUT2D eigenvalue weighted by molar-refractivity contribution is -0.127. The molecule has 1 aliphatic rings. The van der Waals surface area contributed by atoms with Crippen molar-refractivity contribution in [3.8, 4) is 0 Å². The maximum absolute atomic E-state index is 11.7. The predicted molar refractivity (Wildman–Crippen MR) is 53.0 cm³/mol. The normalized spacial score (nSPS) is 23.4. The number of amides is 2. The van der Waals surface area contributed by atoms with Crippen LogP contribution in [0.3, 0.4) is 0 Å². The molecule has 1 saturated heterocycles. The molecule has 1 rings (SSSR count). The second-order valence-electron chi connectivity index (χ2n) is 3.47. The van der Waals surface area contributed by atoms with Gasteiger partial charge in [0.05, 0.1) is 6.26 Å². The molecule has 85 valence electrons. The van der Waals surface area contributed by atoms with Gasteiger partial charge in [0, 0.05) is 6.54 Å². The summed E-state index contributed by atoms with van der Waals surface area (Å²) in [6, 6.07) is -0.764. The first kappa shape index (κ1) is 12.0. The van der Waals surface area contributed by atoms with Gasteiger partial charge in [0.15, 0.2) is 0 Å². The first-order chi connectivity index (χ1) is 6.96. The van der Waals surface area contributed by atoms with Crippen LogP contribution in [0.2, 0.25) is 0 Å². The van der Waals surface area contributed by atoms with Crippen LogP contribution < -0.4 is 5.32 Å². The molecule has 6 nitrogen and oxygen atoms in total. The average molecular weight is 233 g/mol. The van der Waals surface area contributed by atoms with E-state index in [0.29, 0.717) is 19.3 Å². The van der Waals surface area contributed by atoms with Gasteiger partial charge in [-0.15, -0.1) is 0 Å². The molecule has 1 heterocycles. The van der Waals surface area contributed by atoms with E-state index in [0.717, 1.165) is 10.6 Å². The molecule has 2 amide bonds. The van der Waals surface area contributed by atoms with Gasteiger partial charge < -0.3 is 5.32 Å². The smallest absolute Gasteiger partial charge is 0.309 e. The number of carbonyl (C=O) groups is 1. The Kier molecular flexibility index (Phi) is 3.67. The summed E-state index contributed by atoms with van der Waals surface area (Å²) in [5, 5.41) is 2.22. The minimum Gasteiger partial charge on any atom is -0.336 e. The first-order valence-electron chi connectivity index (χ1n) is 4.61. The van der Waals surface area contributed by atoms with Gasteiger partial charge in [-0.3, -0.25) is 9.59 Å². The number of nitrogens with one attached hydrogen (secondary N) is 1. The molecule has 0 aromatic carbocycles. The van der Waals surface area contributed by atoms with Gasteiger partial charge in [0.2, 0.25) is 10.0 Å². The zero-order chi connectivity index (χ0) is 11.5. The Morgan fingerprint density at radius 2 is 2.13 bits per heavy atom. The largest absolute Gasteiger partial charge is 0.336 e. The Morgan fingerprint density at radius 3 is 2.67 bits per heavy atom. The van der Waals surface area contributed by atoms with Gasteiger partial charge in [-0.05, 0) is 19.3 Å². The summed E-state index contributed by atoms with van der Waals surface area (Å²) in [7, 11) is -3.54. The molecular formula is C8H13N2O4S. The first-order valence-corrected chi connectivity index (χ1v) is 6.46. The third-order valence-corrected chi connectivity index (χ3v) is 3.44. The van der Waals surface area contributed by atoms with Gasteiger partial charge >= 0.3 is 6.41 Å². The van der Waals surface area contributed by atoms with E-state index in [4.69, 9.17) is 0 Å². The third-order valence-electron chi connectivity index (χ3n) is 2.28. The number of carbonyl (C=O) groups excluding carboxylic acids is 2. The van der Waals surface area contributed by atoms with E-state index in [-0.39, 0.29) is 6.54 Å². The maximum atomic E-state index is 11.7. The van der Waals surface area contributed by atoms with E-state index >= 15 is 0 Å². The molecular weight excluding hydrogens is 220 g/mol. The van der Waals surface area contributed by atoms with Crippen molar-refractivity contribution in [3.63, 3.8) is 0 Å². The molecule has 15 heavy (non-hydrogen) atoms. The van der Waals surface area contributed by atoms with Crippen LogP contribution in [0.4, 0.5) is 0 Å². The Hall–Kier alpha value is -1.11. The molecule has 0 aromatic heterocycles. The fraction of sp³-hybridized carbons (Fsp3) is 0.750. The molecule has 1 aliphatic heterocycles. The van der Waals surface area contributed by atoms with Crippen molar-refractivity contribution in [2.24, 2.45) is 0 Å². The lowest BCUT2D eigenvalue weighted by Crippen LogP contribution is -2.46. The van der Waals surface area contributed by atoms with Crippen LogP contribution in [0.5, 0.6) is 0 Å². The molecule has 0 bridgehead atoms. The number of nitrogens with zero attached hydrogens (tertiary/aromatic N) is 1. The molecule has 0 saturated carbocycles. The van der Waals surface area contributed by atoms with Crippen molar-refractivity contribution >= 4 is 22.3 Å². The lowest BCUT2D eigenvalue weighted by atomic mass is 10.1. The van der Waals surface area contributed by atoms with Crippen LogP contribution in [0.15, 0.2) is 0 Å². The zero-order valence-electron chi connectivity index (χ0n) is 8.39. The van der Waals surface area contributed by atoms with Crippen molar-refractivity contribution in [1.29, 1.82) is 0 Å². The summed E-state index contributed by atoms with van der Waals surface area (Å²) in [5.41, 5.74) is 0. The fourth-order valence-electron chi connectivity index (χ4n) is 1.55. The molecule has 1 N–H and O–H groups in total. The molecule has 1 radical (unpaired) electrons. The standard InChI is InChI=1S/C8H13N2O4S/c1-15(13,14)10-5-3-2-4-7(8(10)12)9-6-11/h7H,2-5H2,1H3,(H,9,11)/t7-/m0/s1. The minimum atomic E-state index is -3.54. The van der Waals surface area contributed by atoms with Crippen LogP contribution in [-0.2, 0) is 19.6 Å². The molecule has 0 aliphatic carbocycles. The number of sulfonamides is 1. The molecule has 0 unspecified atom stereocenters. The van der Waals surface area contributed by atoms with Gasteiger partial charge in [0.1, 0.15) is 6.04 Å². The second-order valence-corrected chi connectivity index (χ2v) is 5.37. The predicted octanol–water partition coefficient (Wildman–Crippen LogP) is -1.02. The van der Waals surface area contributed by atoms with Crippen LogP contribution in [-0.4, -0.2) is 43.9 Å². The second kappa shape index (κ2) is 4.61. The zero-order valence-corrected chi connectivity index (χ0v) is 9.21. The van der Waals surface area contributed by atoms with E-state index in [2.05, 4.69) is 5.32 Å². The van der Waals surface area contributed by atoms with E-state index in [1.165, 1.54) is 6.41 Å². The summed E-state index contributed by atoms with van der Waals surface area (Å²) < 4.78 is 23.4. The Morgan fingerprint density at radius 1 is 1.47 bits per heavy atom.